The molecule has 0 bridgehead atoms. The normalized spacial score (nSPS) is 16.8. The van der Waals surface area contributed by atoms with Crippen molar-refractivity contribution in [1.82, 2.24) is 9.55 Å². The lowest BCUT2D eigenvalue weighted by Gasteiger charge is -2.32. The largest absolute Gasteiger partial charge is 0.371 e. The van der Waals surface area contributed by atoms with Gasteiger partial charge in [0.2, 0.25) is 0 Å². The van der Waals surface area contributed by atoms with Gasteiger partial charge in [0.15, 0.2) is 0 Å². The van der Waals surface area contributed by atoms with E-state index in [-0.39, 0.29) is 0 Å². The maximum absolute atomic E-state index is 13.6. The van der Waals surface area contributed by atoms with Crippen molar-refractivity contribution in [2.75, 3.05) is 18.0 Å². The van der Waals surface area contributed by atoms with Crippen molar-refractivity contribution in [3.05, 3.63) is 36.7 Å². The second-order valence-corrected chi connectivity index (χ2v) is 6.41. The summed E-state index contributed by atoms with van der Waals surface area (Å²) in [5.74, 6) is 0.744. The van der Waals surface area contributed by atoms with E-state index in [2.05, 4.69) is 16.8 Å². The van der Waals surface area contributed by atoms with E-state index < -0.39 is 6.55 Å². The molecule has 120 valence electrons. The molecule has 0 N–H and O–H groups in total. The Labute approximate surface area is 133 Å². The second kappa shape index (κ2) is 5.48. The van der Waals surface area contributed by atoms with Crippen LogP contribution in [0.4, 0.5) is 14.5 Å². The summed E-state index contributed by atoms with van der Waals surface area (Å²) >= 11 is 0. The number of anilines is 1. The Morgan fingerprint density at radius 2 is 1.87 bits per heavy atom. The van der Waals surface area contributed by atoms with Crippen LogP contribution in [0, 0.1) is 5.92 Å². The third-order valence-electron chi connectivity index (χ3n) is 4.93. The fourth-order valence-corrected chi connectivity index (χ4v) is 3.56. The van der Waals surface area contributed by atoms with Crippen LogP contribution < -0.4 is 4.90 Å². The number of alkyl halides is 2. The Morgan fingerprint density at radius 1 is 1.09 bits per heavy atom. The van der Waals surface area contributed by atoms with Crippen LogP contribution in [0.25, 0.3) is 21.8 Å². The molecule has 23 heavy (non-hydrogen) atoms. The van der Waals surface area contributed by atoms with Gasteiger partial charge >= 0.3 is 6.55 Å². The molecular weight excluding hydrogens is 296 g/mol. The van der Waals surface area contributed by atoms with Crippen LogP contribution in [-0.4, -0.2) is 22.6 Å². The third kappa shape index (κ3) is 2.35. The summed E-state index contributed by atoms with van der Waals surface area (Å²) in [6.07, 6.45) is 5.53. The van der Waals surface area contributed by atoms with Gasteiger partial charge in [-0.1, -0.05) is 13.0 Å². The minimum Gasteiger partial charge on any atom is -0.371 e. The highest BCUT2D eigenvalue weighted by molar-refractivity contribution is 6.08. The summed E-state index contributed by atoms with van der Waals surface area (Å²) in [6, 6.07) is 7.55. The van der Waals surface area contributed by atoms with Crippen LogP contribution in [0.3, 0.4) is 0 Å². The summed E-state index contributed by atoms with van der Waals surface area (Å²) in [5.41, 5.74) is 2.15. The van der Waals surface area contributed by atoms with E-state index in [0.29, 0.717) is 11.0 Å². The number of nitrogens with zero attached hydrogens (tertiary/aromatic N) is 3. The molecular formula is C18H19F2N3. The zero-order valence-electron chi connectivity index (χ0n) is 13.0. The Morgan fingerprint density at radius 3 is 2.61 bits per heavy atom. The van der Waals surface area contributed by atoms with Gasteiger partial charge < -0.3 is 4.90 Å². The number of halogens is 2. The topological polar surface area (TPSA) is 21.1 Å². The number of aromatic nitrogens is 2. The van der Waals surface area contributed by atoms with Gasteiger partial charge in [-0.25, -0.2) is 0 Å². The smallest absolute Gasteiger partial charge is 0.319 e. The monoisotopic (exact) mass is 315 g/mol. The Kier molecular flexibility index (Phi) is 3.43. The SMILES string of the molecule is CC1CCN(c2ccc3c4cnccc4n(C(F)F)c3c2)CC1. The van der Waals surface area contributed by atoms with Crippen molar-refractivity contribution >= 4 is 27.5 Å². The van der Waals surface area contributed by atoms with Crippen molar-refractivity contribution < 1.29 is 8.78 Å². The molecule has 0 spiro atoms. The van der Waals surface area contributed by atoms with Gasteiger partial charge in [0.05, 0.1) is 11.0 Å². The second-order valence-electron chi connectivity index (χ2n) is 6.41. The van der Waals surface area contributed by atoms with E-state index in [1.807, 2.05) is 18.2 Å². The zero-order valence-corrected chi connectivity index (χ0v) is 13.0. The van der Waals surface area contributed by atoms with Gasteiger partial charge in [0, 0.05) is 41.9 Å². The van der Waals surface area contributed by atoms with Crippen LogP contribution in [0.1, 0.15) is 26.3 Å². The van der Waals surface area contributed by atoms with E-state index in [4.69, 9.17) is 0 Å². The van der Waals surface area contributed by atoms with Crippen LogP contribution in [0.15, 0.2) is 36.7 Å². The van der Waals surface area contributed by atoms with Crippen molar-refractivity contribution in [2.24, 2.45) is 5.92 Å². The molecule has 1 aliphatic rings. The first kappa shape index (κ1) is 14.4. The lowest BCUT2D eigenvalue weighted by molar-refractivity contribution is 0.0796. The van der Waals surface area contributed by atoms with E-state index in [1.54, 1.807) is 18.5 Å². The molecule has 1 aromatic carbocycles. The van der Waals surface area contributed by atoms with Crippen molar-refractivity contribution in [1.29, 1.82) is 0 Å². The van der Waals surface area contributed by atoms with Crippen molar-refractivity contribution in [3.8, 4) is 0 Å². The molecule has 0 atom stereocenters. The molecule has 3 heterocycles. The molecule has 5 heteroatoms. The highest BCUT2D eigenvalue weighted by atomic mass is 19.3. The third-order valence-corrected chi connectivity index (χ3v) is 4.93. The first-order valence-corrected chi connectivity index (χ1v) is 8.06. The van der Waals surface area contributed by atoms with Gasteiger partial charge in [-0.15, -0.1) is 0 Å². The van der Waals surface area contributed by atoms with Gasteiger partial charge in [-0.05, 0) is 37.0 Å². The number of fused-ring (bicyclic) bond motifs is 3. The summed E-state index contributed by atoms with van der Waals surface area (Å²) in [6.45, 7) is 1.68. The molecule has 3 nitrogen and oxygen atoms in total. The predicted molar refractivity (Wildman–Crippen MR) is 89.1 cm³/mol. The number of pyridine rings is 1. The number of rotatable bonds is 2. The van der Waals surface area contributed by atoms with Gasteiger partial charge in [-0.3, -0.25) is 9.55 Å². The molecule has 0 amide bonds. The Hall–Kier alpha value is -2.17. The fraction of sp³-hybridized carbons (Fsp3) is 0.389. The predicted octanol–water partition coefficient (Wildman–Crippen LogP) is 4.82. The number of hydrogen-bond donors (Lipinski definition) is 0. The molecule has 1 aliphatic heterocycles. The Bertz CT molecular complexity index is 848. The lowest BCUT2D eigenvalue weighted by Crippen LogP contribution is -2.32. The minimum atomic E-state index is -2.56. The van der Waals surface area contributed by atoms with E-state index in [9.17, 15) is 8.78 Å². The first-order chi connectivity index (χ1) is 11.1. The lowest BCUT2D eigenvalue weighted by atomic mass is 9.98. The standard InChI is InChI=1S/C18H19F2N3/c1-12-5-8-22(9-6-12)13-2-3-14-15-11-21-7-4-16(15)23(18(19)20)17(14)10-13/h2-4,7,10-12,18H,5-6,8-9H2,1H3. The summed E-state index contributed by atoms with van der Waals surface area (Å²) in [4.78, 5) is 6.38. The average Bonchev–Trinajstić information content (AvgIpc) is 2.89. The number of benzene rings is 1. The summed E-state index contributed by atoms with van der Waals surface area (Å²) in [7, 11) is 0. The van der Waals surface area contributed by atoms with Gasteiger partial charge in [0.1, 0.15) is 0 Å². The number of hydrogen-bond acceptors (Lipinski definition) is 2. The van der Waals surface area contributed by atoms with E-state index >= 15 is 0 Å². The molecule has 1 fully saturated rings. The highest BCUT2D eigenvalue weighted by Gasteiger charge is 2.20. The summed E-state index contributed by atoms with van der Waals surface area (Å²) < 4.78 is 28.3. The molecule has 1 saturated heterocycles. The van der Waals surface area contributed by atoms with E-state index in [1.165, 1.54) is 0 Å². The quantitative estimate of drug-likeness (QED) is 0.676. The molecule has 0 unspecified atom stereocenters. The molecule has 0 saturated carbocycles. The molecule has 4 rings (SSSR count). The van der Waals surface area contributed by atoms with Crippen LogP contribution in [-0.2, 0) is 0 Å². The highest BCUT2D eigenvalue weighted by Crippen LogP contribution is 2.35. The van der Waals surface area contributed by atoms with Crippen molar-refractivity contribution in [3.63, 3.8) is 0 Å². The number of piperidine rings is 1. The minimum absolute atomic E-state index is 0.536. The zero-order chi connectivity index (χ0) is 16.0. The fourth-order valence-electron chi connectivity index (χ4n) is 3.56. The maximum Gasteiger partial charge on any atom is 0.319 e. The summed E-state index contributed by atoms with van der Waals surface area (Å²) in [5, 5.41) is 1.61. The average molecular weight is 315 g/mol. The van der Waals surface area contributed by atoms with Gasteiger partial charge in [0.25, 0.3) is 0 Å². The van der Waals surface area contributed by atoms with E-state index in [0.717, 1.165) is 52.9 Å². The molecule has 2 aromatic heterocycles. The van der Waals surface area contributed by atoms with Gasteiger partial charge in [-0.2, -0.15) is 8.78 Å². The maximum atomic E-state index is 13.6. The van der Waals surface area contributed by atoms with Crippen LogP contribution in [0.2, 0.25) is 0 Å². The molecule has 0 radical (unpaired) electrons. The first-order valence-electron chi connectivity index (χ1n) is 8.06. The van der Waals surface area contributed by atoms with Crippen LogP contribution in [0.5, 0.6) is 0 Å². The molecule has 3 aromatic rings. The molecule has 0 aliphatic carbocycles. The van der Waals surface area contributed by atoms with Crippen LogP contribution >= 0.6 is 0 Å². The Balaban J connectivity index is 1.87. The van der Waals surface area contributed by atoms with Crippen molar-refractivity contribution in [2.45, 2.75) is 26.3 Å².